The third-order valence-corrected chi connectivity index (χ3v) is 3.29. The summed E-state index contributed by atoms with van der Waals surface area (Å²) in [6.45, 7) is 1.03. The molecule has 0 aliphatic heterocycles. The van der Waals surface area contributed by atoms with Crippen molar-refractivity contribution in [3.8, 4) is 5.75 Å². The molecule has 0 radical (unpaired) electrons. The first-order valence-corrected chi connectivity index (χ1v) is 6.57. The van der Waals surface area contributed by atoms with Gasteiger partial charge in [0.05, 0.1) is 0 Å². The maximum Gasteiger partial charge on any atom is 0.165 e. The van der Waals surface area contributed by atoms with Gasteiger partial charge in [0.15, 0.2) is 11.6 Å². The molecule has 0 heterocycles. The van der Waals surface area contributed by atoms with Gasteiger partial charge in [-0.2, -0.15) is 0 Å². The Labute approximate surface area is 106 Å². The molecule has 1 N–H and O–H groups in total. The highest BCUT2D eigenvalue weighted by Crippen LogP contribution is 2.18. The molecule has 2 nitrogen and oxygen atoms in total. The monoisotopic (exact) mass is 255 g/mol. The van der Waals surface area contributed by atoms with E-state index in [9.17, 15) is 8.78 Å². The van der Waals surface area contributed by atoms with Crippen LogP contribution in [-0.2, 0) is 0 Å². The summed E-state index contributed by atoms with van der Waals surface area (Å²) in [5.41, 5.74) is 0. The predicted molar refractivity (Wildman–Crippen MR) is 66.7 cm³/mol. The lowest BCUT2D eigenvalue weighted by atomic mass is 9.96. The van der Waals surface area contributed by atoms with Crippen molar-refractivity contribution in [2.75, 3.05) is 13.2 Å². The summed E-state index contributed by atoms with van der Waals surface area (Å²) in [6, 6.07) is 3.80. The molecule has 0 aromatic heterocycles. The van der Waals surface area contributed by atoms with E-state index in [2.05, 4.69) is 5.32 Å². The predicted octanol–water partition coefficient (Wildman–Crippen LogP) is 3.27. The molecule has 1 aromatic carbocycles. The highest BCUT2D eigenvalue weighted by atomic mass is 19.1. The van der Waals surface area contributed by atoms with Crippen molar-refractivity contribution in [1.82, 2.24) is 5.32 Å². The lowest BCUT2D eigenvalue weighted by molar-refractivity contribution is 0.277. The molecule has 0 bridgehead atoms. The van der Waals surface area contributed by atoms with Crippen LogP contribution < -0.4 is 10.1 Å². The topological polar surface area (TPSA) is 21.3 Å². The molecular formula is C14H19F2NO. The van der Waals surface area contributed by atoms with Crippen LogP contribution in [0.15, 0.2) is 18.2 Å². The molecule has 0 atom stereocenters. The Morgan fingerprint density at radius 1 is 1.17 bits per heavy atom. The SMILES string of the molecule is Fc1ccc(F)c(OCCNC2CCCCC2)c1. The minimum absolute atomic E-state index is 0.0135. The van der Waals surface area contributed by atoms with E-state index < -0.39 is 11.6 Å². The number of benzene rings is 1. The van der Waals surface area contributed by atoms with E-state index in [4.69, 9.17) is 4.74 Å². The minimum atomic E-state index is -0.519. The normalized spacial score (nSPS) is 16.8. The number of rotatable bonds is 5. The van der Waals surface area contributed by atoms with Gasteiger partial charge in [0.25, 0.3) is 0 Å². The molecule has 0 unspecified atom stereocenters. The summed E-state index contributed by atoms with van der Waals surface area (Å²) in [5.74, 6) is -1.01. The molecule has 1 saturated carbocycles. The van der Waals surface area contributed by atoms with E-state index in [1.165, 1.54) is 32.1 Å². The standard InChI is InChI=1S/C14H19F2NO/c15-11-6-7-13(16)14(10-11)18-9-8-17-12-4-2-1-3-5-12/h6-7,10,12,17H,1-5,8-9H2. The molecule has 1 fully saturated rings. The van der Waals surface area contributed by atoms with Crippen LogP contribution >= 0.6 is 0 Å². The Kier molecular flexibility index (Phi) is 4.93. The minimum Gasteiger partial charge on any atom is -0.489 e. The van der Waals surface area contributed by atoms with Crippen molar-refractivity contribution in [3.05, 3.63) is 29.8 Å². The van der Waals surface area contributed by atoms with Gasteiger partial charge in [0, 0.05) is 18.7 Å². The van der Waals surface area contributed by atoms with Gasteiger partial charge < -0.3 is 10.1 Å². The van der Waals surface area contributed by atoms with E-state index in [1.807, 2.05) is 0 Å². The summed E-state index contributed by atoms with van der Waals surface area (Å²) in [4.78, 5) is 0. The fraction of sp³-hybridized carbons (Fsp3) is 0.571. The van der Waals surface area contributed by atoms with Crippen molar-refractivity contribution < 1.29 is 13.5 Å². The van der Waals surface area contributed by atoms with Crippen molar-refractivity contribution in [1.29, 1.82) is 0 Å². The van der Waals surface area contributed by atoms with Gasteiger partial charge in [0.1, 0.15) is 12.4 Å². The highest BCUT2D eigenvalue weighted by molar-refractivity contribution is 5.24. The second-order valence-electron chi connectivity index (χ2n) is 4.71. The molecule has 1 aliphatic rings. The molecule has 1 aromatic rings. The molecule has 0 amide bonds. The third-order valence-electron chi connectivity index (χ3n) is 3.29. The quantitative estimate of drug-likeness (QED) is 0.815. The van der Waals surface area contributed by atoms with Gasteiger partial charge >= 0.3 is 0 Å². The average Bonchev–Trinajstić information content (AvgIpc) is 2.40. The average molecular weight is 255 g/mol. The van der Waals surface area contributed by atoms with E-state index in [0.717, 1.165) is 18.2 Å². The van der Waals surface area contributed by atoms with E-state index in [0.29, 0.717) is 19.2 Å². The first-order chi connectivity index (χ1) is 8.75. The van der Waals surface area contributed by atoms with E-state index in [1.54, 1.807) is 0 Å². The van der Waals surface area contributed by atoms with E-state index in [-0.39, 0.29) is 5.75 Å². The Hall–Kier alpha value is -1.16. The Balaban J connectivity index is 1.69. The second kappa shape index (κ2) is 6.69. The lowest BCUT2D eigenvalue weighted by Crippen LogP contribution is -2.34. The second-order valence-corrected chi connectivity index (χ2v) is 4.71. The fourth-order valence-corrected chi connectivity index (χ4v) is 2.32. The Morgan fingerprint density at radius 2 is 1.94 bits per heavy atom. The number of halogens is 2. The maximum atomic E-state index is 13.2. The molecular weight excluding hydrogens is 236 g/mol. The van der Waals surface area contributed by atoms with Crippen LogP contribution in [0.5, 0.6) is 5.75 Å². The zero-order valence-corrected chi connectivity index (χ0v) is 10.4. The highest BCUT2D eigenvalue weighted by Gasteiger charge is 2.12. The number of ether oxygens (including phenoxy) is 1. The van der Waals surface area contributed by atoms with Crippen LogP contribution in [0.25, 0.3) is 0 Å². The third kappa shape index (κ3) is 3.95. The van der Waals surface area contributed by atoms with Crippen molar-refractivity contribution in [3.63, 3.8) is 0 Å². The van der Waals surface area contributed by atoms with Gasteiger partial charge in [-0.25, -0.2) is 8.78 Å². The maximum absolute atomic E-state index is 13.2. The number of hydrogen-bond acceptors (Lipinski definition) is 2. The largest absolute Gasteiger partial charge is 0.489 e. The van der Waals surface area contributed by atoms with Gasteiger partial charge in [-0.05, 0) is 25.0 Å². The summed E-state index contributed by atoms with van der Waals surface area (Å²) in [6.07, 6.45) is 6.28. The summed E-state index contributed by atoms with van der Waals surface area (Å²) in [5, 5.41) is 3.38. The van der Waals surface area contributed by atoms with Crippen molar-refractivity contribution in [2.24, 2.45) is 0 Å². The fourth-order valence-electron chi connectivity index (χ4n) is 2.32. The Bertz CT molecular complexity index is 378. The molecule has 2 rings (SSSR count). The van der Waals surface area contributed by atoms with Crippen LogP contribution in [0.4, 0.5) is 8.78 Å². The molecule has 1 aliphatic carbocycles. The van der Waals surface area contributed by atoms with Crippen LogP contribution in [0, 0.1) is 11.6 Å². The first-order valence-electron chi connectivity index (χ1n) is 6.57. The lowest BCUT2D eigenvalue weighted by Gasteiger charge is -2.22. The number of hydrogen-bond donors (Lipinski definition) is 1. The molecule has 0 saturated heterocycles. The Morgan fingerprint density at radius 3 is 2.72 bits per heavy atom. The summed E-state index contributed by atoms with van der Waals surface area (Å²) < 4.78 is 31.4. The van der Waals surface area contributed by atoms with E-state index >= 15 is 0 Å². The van der Waals surface area contributed by atoms with Crippen molar-refractivity contribution in [2.45, 2.75) is 38.1 Å². The van der Waals surface area contributed by atoms with Gasteiger partial charge in [0.2, 0.25) is 0 Å². The molecule has 100 valence electrons. The summed E-state index contributed by atoms with van der Waals surface area (Å²) in [7, 11) is 0. The smallest absolute Gasteiger partial charge is 0.165 e. The van der Waals surface area contributed by atoms with Crippen molar-refractivity contribution >= 4 is 0 Å². The van der Waals surface area contributed by atoms with Gasteiger partial charge in [-0.15, -0.1) is 0 Å². The molecule has 4 heteroatoms. The zero-order valence-electron chi connectivity index (χ0n) is 10.4. The van der Waals surface area contributed by atoms with Crippen LogP contribution in [0.2, 0.25) is 0 Å². The van der Waals surface area contributed by atoms with Crippen LogP contribution in [0.3, 0.4) is 0 Å². The summed E-state index contributed by atoms with van der Waals surface area (Å²) >= 11 is 0. The zero-order chi connectivity index (χ0) is 12.8. The van der Waals surface area contributed by atoms with Crippen LogP contribution in [0.1, 0.15) is 32.1 Å². The molecule has 18 heavy (non-hydrogen) atoms. The first kappa shape index (κ1) is 13.3. The number of nitrogens with one attached hydrogen (secondary N) is 1. The van der Waals surface area contributed by atoms with Crippen LogP contribution in [-0.4, -0.2) is 19.2 Å². The molecule has 0 spiro atoms. The van der Waals surface area contributed by atoms with Gasteiger partial charge in [-0.1, -0.05) is 19.3 Å². The van der Waals surface area contributed by atoms with Gasteiger partial charge in [-0.3, -0.25) is 0 Å².